The maximum atomic E-state index is 5.69. The summed E-state index contributed by atoms with van der Waals surface area (Å²) in [6, 6.07) is 9.24. The minimum absolute atomic E-state index is 0.334. The Bertz CT molecular complexity index is 465. The Hall–Kier alpha value is -0.570. The lowest BCUT2D eigenvalue weighted by Gasteiger charge is -2.09. The number of fused-ring (bicyclic) bond motifs is 1. The number of benzene rings is 1. The quantitative estimate of drug-likeness (QED) is 0.666. The monoisotopic (exact) mass is 246 g/mol. The van der Waals surface area contributed by atoms with Crippen molar-refractivity contribution in [3.8, 4) is 0 Å². The molecule has 14 heavy (non-hydrogen) atoms. The van der Waals surface area contributed by atoms with Gasteiger partial charge in [-0.15, -0.1) is 0 Å². The number of aromatic nitrogens is 2. The van der Waals surface area contributed by atoms with Gasteiger partial charge in [-0.2, -0.15) is 10.2 Å². The Morgan fingerprint density at radius 3 is 2.43 bits per heavy atom. The molecule has 0 aliphatic rings. The zero-order valence-corrected chi connectivity index (χ0v) is 9.18. The first-order chi connectivity index (χ1) is 6.57. The summed E-state index contributed by atoms with van der Waals surface area (Å²) in [7, 11) is 0. The molecule has 72 valence electrons. The molecule has 0 spiro atoms. The van der Waals surface area contributed by atoms with E-state index < -0.39 is 3.79 Å². The number of alkyl halides is 3. The van der Waals surface area contributed by atoms with Crippen LogP contribution in [0.25, 0.3) is 10.9 Å². The average Bonchev–Trinajstić information content (AvgIpc) is 2.16. The summed E-state index contributed by atoms with van der Waals surface area (Å²) >= 11 is 17.1. The summed E-state index contributed by atoms with van der Waals surface area (Å²) in [4.78, 5) is 0. The van der Waals surface area contributed by atoms with Gasteiger partial charge in [0.1, 0.15) is 5.69 Å². The Morgan fingerprint density at radius 1 is 1.00 bits per heavy atom. The summed E-state index contributed by atoms with van der Waals surface area (Å²) in [6.45, 7) is 0. The zero-order valence-electron chi connectivity index (χ0n) is 6.92. The molecule has 5 heteroatoms. The van der Waals surface area contributed by atoms with Crippen LogP contribution < -0.4 is 0 Å². The molecule has 0 N–H and O–H groups in total. The summed E-state index contributed by atoms with van der Waals surface area (Å²) in [5.41, 5.74) is 1.12. The van der Waals surface area contributed by atoms with Crippen LogP contribution in [0.5, 0.6) is 0 Å². The molecule has 0 unspecified atom stereocenters. The van der Waals surface area contributed by atoms with Crippen LogP contribution in [0.1, 0.15) is 5.69 Å². The first-order valence-corrected chi connectivity index (χ1v) is 5.00. The third-order valence-electron chi connectivity index (χ3n) is 1.78. The molecule has 0 atom stereocenters. The summed E-state index contributed by atoms with van der Waals surface area (Å²) < 4.78 is -1.52. The van der Waals surface area contributed by atoms with E-state index in [2.05, 4.69) is 10.2 Å². The van der Waals surface area contributed by atoms with Gasteiger partial charge in [0, 0.05) is 5.39 Å². The summed E-state index contributed by atoms with van der Waals surface area (Å²) in [5.74, 6) is 0. The van der Waals surface area contributed by atoms with Crippen molar-refractivity contribution in [2.45, 2.75) is 3.79 Å². The molecule has 0 aliphatic carbocycles. The van der Waals surface area contributed by atoms with Gasteiger partial charge < -0.3 is 0 Å². The van der Waals surface area contributed by atoms with E-state index in [9.17, 15) is 0 Å². The van der Waals surface area contributed by atoms with Crippen molar-refractivity contribution >= 4 is 45.7 Å². The van der Waals surface area contributed by atoms with Gasteiger partial charge in [-0.3, -0.25) is 0 Å². The van der Waals surface area contributed by atoms with Crippen molar-refractivity contribution in [3.63, 3.8) is 0 Å². The van der Waals surface area contributed by atoms with Crippen LogP contribution in [0.2, 0.25) is 0 Å². The van der Waals surface area contributed by atoms with E-state index in [1.165, 1.54) is 0 Å². The highest BCUT2D eigenvalue weighted by molar-refractivity contribution is 6.66. The van der Waals surface area contributed by atoms with E-state index in [4.69, 9.17) is 34.8 Å². The van der Waals surface area contributed by atoms with Gasteiger partial charge in [-0.05, 0) is 12.1 Å². The van der Waals surface area contributed by atoms with Crippen molar-refractivity contribution < 1.29 is 0 Å². The van der Waals surface area contributed by atoms with Crippen molar-refractivity contribution in [3.05, 3.63) is 36.0 Å². The van der Waals surface area contributed by atoms with Gasteiger partial charge in [-0.25, -0.2) is 0 Å². The van der Waals surface area contributed by atoms with E-state index in [-0.39, 0.29) is 0 Å². The molecule has 0 amide bonds. The van der Waals surface area contributed by atoms with E-state index >= 15 is 0 Å². The van der Waals surface area contributed by atoms with E-state index in [0.29, 0.717) is 5.69 Å². The molecular formula is C9H5Cl3N2. The smallest absolute Gasteiger partial charge is 0.150 e. The van der Waals surface area contributed by atoms with Crippen LogP contribution in [0.15, 0.2) is 30.3 Å². The lowest BCUT2D eigenvalue weighted by atomic mass is 10.2. The lowest BCUT2D eigenvalue weighted by Crippen LogP contribution is -2.04. The van der Waals surface area contributed by atoms with Crippen LogP contribution >= 0.6 is 34.8 Å². The summed E-state index contributed by atoms with van der Waals surface area (Å²) in [6.07, 6.45) is 0. The molecule has 2 aromatic rings. The number of rotatable bonds is 0. The second-order valence-corrected chi connectivity index (χ2v) is 5.07. The molecule has 0 bridgehead atoms. The lowest BCUT2D eigenvalue weighted by molar-refractivity contribution is 0.966. The Balaban J connectivity index is 2.63. The highest BCUT2D eigenvalue weighted by Crippen LogP contribution is 2.37. The number of hydrogen-bond donors (Lipinski definition) is 0. The number of halogens is 3. The van der Waals surface area contributed by atoms with Crippen LogP contribution in [0.3, 0.4) is 0 Å². The third-order valence-corrected chi connectivity index (χ3v) is 2.37. The van der Waals surface area contributed by atoms with Gasteiger partial charge in [0.15, 0.2) is 0 Å². The third kappa shape index (κ3) is 1.92. The van der Waals surface area contributed by atoms with E-state index in [1.807, 2.05) is 24.3 Å². The van der Waals surface area contributed by atoms with Crippen LogP contribution in [0.4, 0.5) is 0 Å². The van der Waals surface area contributed by atoms with Crippen molar-refractivity contribution in [2.75, 3.05) is 0 Å². The number of hydrogen-bond acceptors (Lipinski definition) is 2. The fraction of sp³-hybridized carbons (Fsp3) is 0.111. The maximum Gasteiger partial charge on any atom is 0.234 e. The molecule has 1 aromatic heterocycles. The van der Waals surface area contributed by atoms with E-state index in [0.717, 1.165) is 10.9 Å². The highest BCUT2D eigenvalue weighted by atomic mass is 35.6. The van der Waals surface area contributed by atoms with Gasteiger partial charge in [0.2, 0.25) is 3.79 Å². The molecule has 1 heterocycles. The van der Waals surface area contributed by atoms with Crippen molar-refractivity contribution in [1.82, 2.24) is 10.2 Å². The largest absolute Gasteiger partial charge is 0.234 e. The second-order valence-electron chi connectivity index (χ2n) is 2.79. The normalized spacial score (nSPS) is 11.9. The van der Waals surface area contributed by atoms with Crippen molar-refractivity contribution in [1.29, 1.82) is 0 Å². The molecule has 1 aromatic carbocycles. The minimum Gasteiger partial charge on any atom is -0.150 e. The molecule has 0 saturated carbocycles. The fourth-order valence-corrected chi connectivity index (χ4v) is 1.40. The average molecular weight is 248 g/mol. The van der Waals surface area contributed by atoms with Crippen LogP contribution in [0, 0.1) is 0 Å². The molecule has 0 aliphatic heterocycles. The van der Waals surface area contributed by atoms with E-state index in [1.54, 1.807) is 6.07 Å². The molecule has 0 fully saturated rings. The Labute approximate surface area is 95.8 Å². The fourth-order valence-electron chi connectivity index (χ4n) is 1.12. The number of nitrogens with zero attached hydrogens (tertiary/aromatic N) is 2. The maximum absolute atomic E-state index is 5.69. The highest BCUT2D eigenvalue weighted by Gasteiger charge is 2.25. The van der Waals surface area contributed by atoms with Gasteiger partial charge in [0.25, 0.3) is 0 Å². The zero-order chi connectivity index (χ0) is 10.2. The molecular weight excluding hydrogens is 242 g/mol. The van der Waals surface area contributed by atoms with Crippen molar-refractivity contribution in [2.24, 2.45) is 0 Å². The SMILES string of the molecule is ClC(Cl)(Cl)c1cc2ccccc2nn1. The van der Waals surface area contributed by atoms with Gasteiger partial charge >= 0.3 is 0 Å². The van der Waals surface area contributed by atoms with Gasteiger partial charge in [-0.1, -0.05) is 53.0 Å². The van der Waals surface area contributed by atoms with Gasteiger partial charge in [0.05, 0.1) is 5.52 Å². The second kappa shape index (κ2) is 3.54. The van der Waals surface area contributed by atoms with Crippen LogP contribution in [-0.4, -0.2) is 10.2 Å². The molecule has 2 nitrogen and oxygen atoms in total. The Kier molecular flexibility index (Phi) is 2.52. The summed E-state index contributed by atoms with van der Waals surface area (Å²) in [5, 5.41) is 8.68. The Morgan fingerprint density at radius 2 is 1.71 bits per heavy atom. The standard InChI is InChI=1S/C9H5Cl3N2/c10-9(11,12)8-5-6-3-1-2-4-7(6)13-14-8/h1-5H. The van der Waals surface area contributed by atoms with Crippen LogP contribution in [-0.2, 0) is 3.79 Å². The first kappa shape index (κ1) is 9.97. The predicted molar refractivity (Wildman–Crippen MR) is 58.8 cm³/mol. The molecule has 0 radical (unpaired) electrons. The minimum atomic E-state index is -1.52. The molecule has 0 saturated heterocycles. The first-order valence-electron chi connectivity index (χ1n) is 3.87. The topological polar surface area (TPSA) is 25.8 Å². The predicted octanol–water partition coefficient (Wildman–Crippen LogP) is 3.46. The molecule has 2 rings (SSSR count).